The lowest BCUT2D eigenvalue weighted by Crippen LogP contribution is -2.48. The SMILES string of the molecule is C=C(C)CCN1CCCC(C)C1CN. The summed E-state index contributed by atoms with van der Waals surface area (Å²) in [6.45, 7) is 11.5. The Kier molecular flexibility index (Phi) is 4.63. The summed E-state index contributed by atoms with van der Waals surface area (Å²) in [5, 5.41) is 0. The molecule has 0 aromatic rings. The number of nitrogens with two attached hydrogens (primary N) is 1. The molecule has 0 aliphatic carbocycles. The Morgan fingerprint density at radius 1 is 1.57 bits per heavy atom. The van der Waals surface area contributed by atoms with E-state index in [1.54, 1.807) is 0 Å². The zero-order chi connectivity index (χ0) is 10.6. The third kappa shape index (κ3) is 3.10. The van der Waals surface area contributed by atoms with Gasteiger partial charge in [0, 0.05) is 19.1 Å². The van der Waals surface area contributed by atoms with Crippen LogP contribution in [0.5, 0.6) is 0 Å². The molecule has 0 bridgehead atoms. The molecule has 1 fully saturated rings. The molecule has 0 radical (unpaired) electrons. The predicted molar refractivity (Wildman–Crippen MR) is 62.2 cm³/mol. The molecule has 82 valence electrons. The quantitative estimate of drug-likeness (QED) is 0.697. The van der Waals surface area contributed by atoms with Crippen molar-refractivity contribution in [1.29, 1.82) is 0 Å². The van der Waals surface area contributed by atoms with Crippen molar-refractivity contribution in [2.75, 3.05) is 19.6 Å². The summed E-state index contributed by atoms with van der Waals surface area (Å²) < 4.78 is 0. The number of hydrogen-bond acceptors (Lipinski definition) is 2. The first-order valence-corrected chi connectivity index (χ1v) is 5.73. The summed E-state index contributed by atoms with van der Waals surface area (Å²) in [5.74, 6) is 0.763. The third-order valence-electron chi connectivity index (χ3n) is 3.30. The zero-order valence-electron chi connectivity index (χ0n) is 9.63. The van der Waals surface area contributed by atoms with Crippen molar-refractivity contribution in [2.24, 2.45) is 11.7 Å². The van der Waals surface area contributed by atoms with Crippen LogP contribution >= 0.6 is 0 Å². The van der Waals surface area contributed by atoms with Crippen LogP contribution in [0.3, 0.4) is 0 Å². The molecule has 1 aliphatic rings. The summed E-state index contributed by atoms with van der Waals surface area (Å²) in [6.07, 6.45) is 3.78. The van der Waals surface area contributed by atoms with E-state index in [-0.39, 0.29) is 0 Å². The third-order valence-corrected chi connectivity index (χ3v) is 3.30. The molecule has 2 atom stereocenters. The maximum Gasteiger partial charge on any atom is 0.0244 e. The van der Waals surface area contributed by atoms with Gasteiger partial charge in [-0.15, -0.1) is 6.58 Å². The molecule has 1 saturated heterocycles. The highest BCUT2D eigenvalue weighted by atomic mass is 15.2. The van der Waals surface area contributed by atoms with Gasteiger partial charge in [-0.2, -0.15) is 0 Å². The molecule has 2 unspecified atom stereocenters. The van der Waals surface area contributed by atoms with E-state index in [4.69, 9.17) is 5.73 Å². The number of hydrogen-bond donors (Lipinski definition) is 1. The van der Waals surface area contributed by atoms with Crippen LogP contribution in [0.2, 0.25) is 0 Å². The normalized spacial score (nSPS) is 29.1. The van der Waals surface area contributed by atoms with E-state index in [1.807, 2.05) is 0 Å². The van der Waals surface area contributed by atoms with Crippen molar-refractivity contribution >= 4 is 0 Å². The lowest BCUT2D eigenvalue weighted by molar-refractivity contribution is 0.108. The Labute approximate surface area is 88.2 Å². The van der Waals surface area contributed by atoms with Crippen molar-refractivity contribution < 1.29 is 0 Å². The molecule has 0 aromatic carbocycles. The second kappa shape index (κ2) is 5.52. The first kappa shape index (κ1) is 11.7. The van der Waals surface area contributed by atoms with Crippen molar-refractivity contribution in [1.82, 2.24) is 4.90 Å². The van der Waals surface area contributed by atoms with Gasteiger partial charge in [-0.25, -0.2) is 0 Å². The zero-order valence-corrected chi connectivity index (χ0v) is 9.63. The van der Waals surface area contributed by atoms with Crippen LogP contribution in [0.15, 0.2) is 12.2 Å². The lowest BCUT2D eigenvalue weighted by Gasteiger charge is -2.39. The molecule has 0 saturated carbocycles. The maximum absolute atomic E-state index is 5.83. The summed E-state index contributed by atoms with van der Waals surface area (Å²) in [4.78, 5) is 2.54. The minimum atomic E-state index is 0.600. The molecular weight excluding hydrogens is 172 g/mol. The van der Waals surface area contributed by atoms with Crippen LogP contribution in [-0.2, 0) is 0 Å². The van der Waals surface area contributed by atoms with Gasteiger partial charge in [-0.3, -0.25) is 4.90 Å². The highest BCUT2D eigenvalue weighted by molar-refractivity contribution is 4.91. The Balaban J connectivity index is 2.43. The number of rotatable bonds is 4. The van der Waals surface area contributed by atoms with Gasteiger partial charge in [-0.1, -0.05) is 12.5 Å². The lowest BCUT2D eigenvalue weighted by atomic mass is 9.90. The number of piperidine rings is 1. The van der Waals surface area contributed by atoms with Crippen LogP contribution < -0.4 is 5.73 Å². The van der Waals surface area contributed by atoms with Crippen molar-refractivity contribution in [3.05, 3.63) is 12.2 Å². The van der Waals surface area contributed by atoms with Crippen LogP contribution in [-0.4, -0.2) is 30.6 Å². The minimum Gasteiger partial charge on any atom is -0.329 e. The van der Waals surface area contributed by atoms with E-state index in [1.165, 1.54) is 25.0 Å². The van der Waals surface area contributed by atoms with E-state index >= 15 is 0 Å². The Morgan fingerprint density at radius 3 is 2.86 bits per heavy atom. The van der Waals surface area contributed by atoms with Crippen molar-refractivity contribution in [3.8, 4) is 0 Å². The maximum atomic E-state index is 5.83. The van der Waals surface area contributed by atoms with Gasteiger partial charge < -0.3 is 5.73 Å². The Bertz CT molecular complexity index is 189. The topological polar surface area (TPSA) is 29.3 Å². The molecule has 0 amide bonds. The predicted octanol–water partition coefficient (Wildman–Crippen LogP) is 2.01. The van der Waals surface area contributed by atoms with Gasteiger partial charge >= 0.3 is 0 Å². The Hall–Kier alpha value is -0.340. The fourth-order valence-corrected chi connectivity index (χ4v) is 2.33. The Morgan fingerprint density at radius 2 is 2.29 bits per heavy atom. The largest absolute Gasteiger partial charge is 0.329 e. The molecule has 1 rings (SSSR count). The molecular formula is C12H24N2. The van der Waals surface area contributed by atoms with E-state index in [2.05, 4.69) is 25.3 Å². The fraction of sp³-hybridized carbons (Fsp3) is 0.833. The molecule has 0 spiro atoms. The van der Waals surface area contributed by atoms with Crippen molar-refractivity contribution in [2.45, 2.75) is 39.2 Å². The molecule has 2 N–H and O–H groups in total. The monoisotopic (exact) mass is 196 g/mol. The second-order valence-electron chi connectivity index (χ2n) is 4.67. The van der Waals surface area contributed by atoms with E-state index < -0.39 is 0 Å². The molecule has 1 heterocycles. The first-order valence-electron chi connectivity index (χ1n) is 5.73. The molecule has 1 aliphatic heterocycles. The number of likely N-dealkylation sites (tertiary alicyclic amines) is 1. The highest BCUT2D eigenvalue weighted by Gasteiger charge is 2.26. The minimum absolute atomic E-state index is 0.600. The van der Waals surface area contributed by atoms with Gasteiger partial charge in [-0.05, 0) is 38.6 Å². The summed E-state index contributed by atoms with van der Waals surface area (Å²) in [7, 11) is 0. The van der Waals surface area contributed by atoms with Gasteiger partial charge in [0.2, 0.25) is 0 Å². The fourth-order valence-electron chi connectivity index (χ4n) is 2.33. The molecule has 2 heteroatoms. The first-order chi connectivity index (χ1) is 6.65. The van der Waals surface area contributed by atoms with E-state index in [9.17, 15) is 0 Å². The van der Waals surface area contributed by atoms with Gasteiger partial charge in [0.25, 0.3) is 0 Å². The molecule has 14 heavy (non-hydrogen) atoms. The second-order valence-corrected chi connectivity index (χ2v) is 4.67. The summed E-state index contributed by atoms with van der Waals surface area (Å²) >= 11 is 0. The average molecular weight is 196 g/mol. The van der Waals surface area contributed by atoms with Crippen LogP contribution in [0, 0.1) is 5.92 Å². The van der Waals surface area contributed by atoms with E-state index in [0.717, 1.165) is 25.4 Å². The van der Waals surface area contributed by atoms with Crippen LogP contribution in [0.1, 0.15) is 33.1 Å². The van der Waals surface area contributed by atoms with E-state index in [0.29, 0.717) is 6.04 Å². The van der Waals surface area contributed by atoms with Crippen molar-refractivity contribution in [3.63, 3.8) is 0 Å². The van der Waals surface area contributed by atoms with Crippen LogP contribution in [0.25, 0.3) is 0 Å². The summed E-state index contributed by atoms with van der Waals surface area (Å²) in [6, 6.07) is 0.600. The van der Waals surface area contributed by atoms with Gasteiger partial charge in [0.1, 0.15) is 0 Å². The van der Waals surface area contributed by atoms with Gasteiger partial charge in [0.15, 0.2) is 0 Å². The molecule has 0 aromatic heterocycles. The smallest absolute Gasteiger partial charge is 0.0244 e. The number of nitrogens with zero attached hydrogens (tertiary/aromatic N) is 1. The standard InChI is InChI=1S/C12H24N2/c1-10(2)6-8-14-7-4-5-11(3)12(14)9-13/h11-12H,1,4-9,13H2,2-3H3. The van der Waals surface area contributed by atoms with Gasteiger partial charge in [0.05, 0.1) is 0 Å². The van der Waals surface area contributed by atoms with Crippen LogP contribution in [0.4, 0.5) is 0 Å². The average Bonchev–Trinajstić information content (AvgIpc) is 2.14. The molecule has 2 nitrogen and oxygen atoms in total. The highest BCUT2D eigenvalue weighted by Crippen LogP contribution is 2.22. The summed E-state index contributed by atoms with van der Waals surface area (Å²) in [5.41, 5.74) is 7.10.